The average Bonchev–Trinajstić information content (AvgIpc) is 2.74. The van der Waals surface area contributed by atoms with Crippen LogP contribution in [0.2, 0.25) is 0 Å². The monoisotopic (exact) mass is 408 g/mol. The maximum atomic E-state index is 11.5. The fourth-order valence-corrected chi connectivity index (χ4v) is 4.99. The van der Waals surface area contributed by atoms with E-state index in [0.29, 0.717) is 11.8 Å². The second kappa shape index (κ2) is 10.7. The molecule has 0 spiro atoms. The number of carboxylic acids is 1. The number of benzene rings is 2. The van der Waals surface area contributed by atoms with Gasteiger partial charge in [-0.1, -0.05) is 49.7 Å². The molecule has 2 aromatic carbocycles. The van der Waals surface area contributed by atoms with Crippen molar-refractivity contribution in [2.45, 2.75) is 77.7 Å². The summed E-state index contributed by atoms with van der Waals surface area (Å²) in [6.45, 7) is 6.50. The van der Waals surface area contributed by atoms with E-state index in [0.717, 1.165) is 50.7 Å². The van der Waals surface area contributed by atoms with Gasteiger partial charge in [-0.15, -0.1) is 0 Å². The van der Waals surface area contributed by atoms with E-state index in [4.69, 9.17) is 4.74 Å². The number of carboxylic acid groups (broad SMARTS) is 1. The summed E-state index contributed by atoms with van der Waals surface area (Å²) in [5.74, 6) is 0.974. The largest absolute Gasteiger partial charge is 0.491 e. The van der Waals surface area contributed by atoms with Crippen molar-refractivity contribution in [3.63, 3.8) is 0 Å². The summed E-state index contributed by atoms with van der Waals surface area (Å²) in [5.41, 5.74) is 3.90. The minimum atomic E-state index is -0.642. The van der Waals surface area contributed by atoms with Gasteiger partial charge in [-0.05, 0) is 93.0 Å². The molecule has 0 radical (unpaired) electrons. The number of aryl methyl sites for hydroxylation is 2. The minimum absolute atomic E-state index is 0.174. The first kappa shape index (κ1) is 22.4. The van der Waals surface area contributed by atoms with E-state index < -0.39 is 5.97 Å². The smallest absolute Gasteiger partial charge is 0.306 e. The maximum absolute atomic E-state index is 11.5. The summed E-state index contributed by atoms with van der Waals surface area (Å²) in [4.78, 5) is 11.5. The molecule has 0 amide bonds. The van der Waals surface area contributed by atoms with Crippen LogP contribution in [0, 0.1) is 18.8 Å². The zero-order valence-corrected chi connectivity index (χ0v) is 18.6. The SMILES string of the molecule is CC[C@H]1CC[C@@H](C(=O)O)CC1c1ccc(O[C@H](C)CCCc2ccccc2)cc1C. The Labute approximate surface area is 181 Å². The van der Waals surface area contributed by atoms with Gasteiger partial charge in [0.2, 0.25) is 0 Å². The van der Waals surface area contributed by atoms with Gasteiger partial charge in [0.15, 0.2) is 0 Å². The normalized spacial score (nSPS) is 22.4. The zero-order valence-electron chi connectivity index (χ0n) is 18.6. The quantitative estimate of drug-likeness (QED) is 0.497. The molecule has 162 valence electrons. The van der Waals surface area contributed by atoms with Crippen LogP contribution in [0.4, 0.5) is 0 Å². The molecule has 0 aromatic heterocycles. The number of rotatable bonds is 9. The van der Waals surface area contributed by atoms with Crippen LogP contribution >= 0.6 is 0 Å². The highest BCUT2D eigenvalue weighted by Gasteiger charge is 2.34. The second-order valence-electron chi connectivity index (χ2n) is 8.95. The molecule has 3 nitrogen and oxygen atoms in total. The molecule has 0 aliphatic heterocycles. The Bertz CT molecular complexity index is 814. The Hall–Kier alpha value is -2.29. The van der Waals surface area contributed by atoms with E-state index in [1.807, 2.05) is 0 Å². The van der Waals surface area contributed by atoms with Gasteiger partial charge in [0, 0.05) is 0 Å². The average molecular weight is 409 g/mol. The molecule has 4 atom stereocenters. The van der Waals surface area contributed by atoms with Gasteiger partial charge >= 0.3 is 5.97 Å². The third kappa shape index (κ3) is 5.87. The van der Waals surface area contributed by atoms with E-state index in [1.165, 1.54) is 16.7 Å². The topological polar surface area (TPSA) is 46.5 Å². The van der Waals surface area contributed by atoms with Crippen LogP contribution in [-0.2, 0) is 11.2 Å². The van der Waals surface area contributed by atoms with Crippen LogP contribution in [0.25, 0.3) is 0 Å². The van der Waals surface area contributed by atoms with E-state index in [2.05, 4.69) is 69.3 Å². The van der Waals surface area contributed by atoms with E-state index in [-0.39, 0.29) is 12.0 Å². The first-order chi connectivity index (χ1) is 14.5. The van der Waals surface area contributed by atoms with Crippen molar-refractivity contribution in [3.8, 4) is 5.75 Å². The predicted molar refractivity (Wildman–Crippen MR) is 122 cm³/mol. The first-order valence-corrected chi connectivity index (χ1v) is 11.5. The van der Waals surface area contributed by atoms with Gasteiger partial charge < -0.3 is 9.84 Å². The molecule has 1 N–H and O–H groups in total. The van der Waals surface area contributed by atoms with Crippen LogP contribution in [0.1, 0.15) is 75.0 Å². The molecule has 1 aliphatic carbocycles. The van der Waals surface area contributed by atoms with Crippen LogP contribution in [0.3, 0.4) is 0 Å². The van der Waals surface area contributed by atoms with Gasteiger partial charge in [-0.25, -0.2) is 0 Å². The molecule has 1 unspecified atom stereocenters. The molecule has 1 saturated carbocycles. The standard InChI is InChI=1S/C27H36O3/c1-4-22-13-14-23(27(28)29)18-26(22)25-16-15-24(17-19(25)2)30-20(3)9-8-12-21-10-6-5-7-11-21/h5-7,10-11,15-17,20,22-23,26H,4,8-9,12-14,18H2,1-3H3,(H,28,29)/t20-,22+,23-,26?/m1/s1. The Kier molecular flexibility index (Phi) is 7.95. The molecular weight excluding hydrogens is 372 g/mol. The fourth-order valence-electron chi connectivity index (χ4n) is 4.99. The Morgan fingerprint density at radius 1 is 1.17 bits per heavy atom. The lowest BCUT2D eigenvalue weighted by Crippen LogP contribution is -2.28. The lowest BCUT2D eigenvalue weighted by Gasteiger charge is -2.35. The molecule has 0 bridgehead atoms. The third-order valence-electron chi connectivity index (χ3n) is 6.76. The summed E-state index contributed by atoms with van der Waals surface area (Å²) in [7, 11) is 0. The van der Waals surface area contributed by atoms with E-state index in [1.54, 1.807) is 0 Å². The number of hydrogen-bond donors (Lipinski definition) is 1. The highest BCUT2D eigenvalue weighted by Crippen LogP contribution is 2.43. The number of hydrogen-bond acceptors (Lipinski definition) is 2. The van der Waals surface area contributed by atoms with Crippen LogP contribution in [-0.4, -0.2) is 17.2 Å². The van der Waals surface area contributed by atoms with Crippen molar-refractivity contribution in [3.05, 3.63) is 65.2 Å². The Morgan fingerprint density at radius 3 is 2.60 bits per heavy atom. The molecule has 1 fully saturated rings. The van der Waals surface area contributed by atoms with Crippen molar-refractivity contribution in [2.75, 3.05) is 0 Å². The van der Waals surface area contributed by atoms with E-state index >= 15 is 0 Å². The molecule has 3 heteroatoms. The van der Waals surface area contributed by atoms with Crippen molar-refractivity contribution in [2.24, 2.45) is 11.8 Å². The maximum Gasteiger partial charge on any atom is 0.306 e. The Morgan fingerprint density at radius 2 is 1.93 bits per heavy atom. The third-order valence-corrected chi connectivity index (χ3v) is 6.76. The molecule has 30 heavy (non-hydrogen) atoms. The lowest BCUT2D eigenvalue weighted by molar-refractivity contribution is -0.143. The van der Waals surface area contributed by atoms with Crippen LogP contribution < -0.4 is 4.74 Å². The van der Waals surface area contributed by atoms with Crippen molar-refractivity contribution in [1.29, 1.82) is 0 Å². The second-order valence-corrected chi connectivity index (χ2v) is 8.95. The van der Waals surface area contributed by atoms with Crippen molar-refractivity contribution < 1.29 is 14.6 Å². The fraction of sp³-hybridized carbons (Fsp3) is 0.519. The van der Waals surface area contributed by atoms with Crippen molar-refractivity contribution in [1.82, 2.24) is 0 Å². The zero-order chi connectivity index (χ0) is 21.5. The highest BCUT2D eigenvalue weighted by atomic mass is 16.5. The van der Waals surface area contributed by atoms with Crippen LogP contribution in [0.5, 0.6) is 5.75 Å². The van der Waals surface area contributed by atoms with Gasteiger partial charge in [0.05, 0.1) is 12.0 Å². The minimum Gasteiger partial charge on any atom is -0.491 e. The number of ether oxygens (including phenoxy) is 1. The van der Waals surface area contributed by atoms with Gasteiger partial charge in [-0.2, -0.15) is 0 Å². The molecule has 2 aromatic rings. The summed E-state index contributed by atoms with van der Waals surface area (Å²) in [6.07, 6.45) is 7.07. The molecule has 1 aliphatic rings. The number of carbonyl (C=O) groups is 1. The predicted octanol–water partition coefficient (Wildman–Crippen LogP) is 6.78. The molecule has 0 heterocycles. The first-order valence-electron chi connectivity index (χ1n) is 11.5. The van der Waals surface area contributed by atoms with Gasteiger partial charge in [0.25, 0.3) is 0 Å². The highest BCUT2D eigenvalue weighted by molar-refractivity contribution is 5.70. The van der Waals surface area contributed by atoms with E-state index in [9.17, 15) is 9.90 Å². The summed E-state index contributed by atoms with van der Waals surface area (Å²) in [5, 5.41) is 9.50. The Balaban J connectivity index is 1.59. The lowest BCUT2D eigenvalue weighted by atomic mass is 9.69. The van der Waals surface area contributed by atoms with Crippen molar-refractivity contribution >= 4 is 5.97 Å². The summed E-state index contributed by atoms with van der Waals surface area (Å²) < 4.78 is 6.19. The number of aliphatic carboxylic acids is 1. The van der Waals surface area contributed by atoms with Crippen LogP contribution in [0.15, 0.2) is 48.5 Å². The van der Waals surface area contributed by atoms with Gasteiger partial charge in [-0.3, -0.25) is 4.79 Å². The molecule has 3 rings (SSSR count). The molecule has 0 saturated heterocycles. The molecular formula is C27H36O3. The summed E-state index contributed by atoms with van der Waals surface area (Å²) >= 11 is 0. The van der Waals surface area contributed by atoms with Gasteiger partial charge in [0.1, 0.15) is 5.75 Å². The summed E-state index contributed by atoms with van der Waals surface area (Å²) in [6, 6.07) is 17.0.